The van der Waals surface area contributed by atoms with Gasteiger partial charge in [0.05, 0.1) is 0 Å². The predicted octanol–water partition coefficient (Wildman–Crippen LogP) is 3.05. The molecule has 11 heavy (non-hydrogen) atoms. The molecule has 0 fully saturated rings. The molecular weight excluding hydrogens is 134 g/mol. The molecule has 0 amide bonds. The van der Waals surface area contributed by atoms with Crippen molar-refractivity contribution in [3.8, 4) is 0 Å². The minimum absolute atomic E-state index is 0.808. The van der Waals surface area contributed by atoms with Crippen LogP contribution < -0.4 is 0 Å². The second-order valence-corrected chi connectivity index (χ2v) is 3.78. The molecule has 64 valence electrons. The summed E-state index contributed by atoms with van der Waals surface area (Å²) < 4.78 is 0. The molecule has 1 nitrogen and oxygen atoms in total. The first-order valence-electron chi connectivity index (χ1n) is 4.79. The first-order chi connectivity index (χ1) is 5.29. The highest BCUT2D eigenvalue weighted by atomic mass is 14.7. The molecular formula is C10H19N. The Kier molecular flexibility index (Phi) is 3.61. The standard InChI is InChI=1S/C10H19N/c1-9-6-4-3-5-7-10(2)11-8-9/h9H,3-8H2,1-2H3/b11-10-. The van der Waals surface area contributed by atoms with Gasteiger partial charge in [0.15, 0.2) is 0 Å². The highest BCUT2D eigenvalue weighted by molar-refractivity contribution is 5.81. The van der Waals surface area contributed by atoms with Crippen molar-refractivity contribution in [2.75, 3.05) is 6.54 Å². The molecule has 1 heteroatoms. The molecule has 1 unspecified atom stereocenters. The van der Waals surface area contributed by atoms with Crippen LogP contribution >= 0.6 is 0 Å². The Hall–Kier alpha value is -0.330. The number of hydrogen-bond acceptors (Lipinski definition) is 1. The van der Waals surface area contributed by atoms with E-state index in [4.69, 9.17) is 0 Å². The molecule has 1 aliphatic rings. The molecule has 1 rings (SSSR count). The van der Waals surface area contributed by atoms with Gasteiger partial charge in [-0.1, -0.05) is 19.8 Å². The van der Waals surface area contributed by atoms with Crippen molar-refractivity contribution in [2.24, 2.45) is 10.9 Å². The molecule has 1 heterocycles. The number of aliphatic imine (C=N–C) groups is 1. The van der Waals surface area contributed by atoms with E-state index in [-0.39, 0.29) is 0 Å². The lowest BCUT2D eigenvalue weighted by molar-refractivity contribution is 0.510. The van der Waals surface area contributed by atoms with Crippen molar-refractivity contribution < 1.29 is 0 Å². The van der Waals surface area contributed by atoms with Gasteiger partial charge in [0.2, 0.25) is 0 Å². The molecule has 0 aromatic rings. The van der Waals surface area contributed by atoms with Crippen LogP contribution in [0, 0.1) is 5.92 Å². The molecule has 0 aliphatic carbocycles. The average molecular weight is 153 g/mol. The van der Waals surface area contributed by atoms with Gasteiger partial charge >= 0.3 is 0 Å². The summed E-state index contributed by atoms with van der Waals surface area (Å²) in [5.41, 5.74) is 1.36. The summed E-state index contributed by atoms with van der Waals surface area (Å²) in [4.78, 5) is 4.54. The zero-order valence-electron chi connectivity index (χ0n) is 7.77. The van der Waals surface area contributed by atoms with Gasteiger partial charge in [-0.15, -0.1) is 0 Å². The van der Waals surface area contributed by atoms with Gasteiger partial charge in [-0.05, 0) is 32.1 Å². The Bertz CT molecular complexity index is 138. The maximum atomic E-state index is 4.54. The Morgan fingerprint density at radius 2 is 2.09 bits per heavy atom. The van der Waals surface area contributed by atoms with Crippen molar-refractivity contribution in [1.82, 2.24) is 0 Å². The second kappa shape index (κ2) is 4.53. The fourth-order valence-corrected chi connectivity index (χ4v) is 1.53. The monoisotopic (exact) mass is 153 g/mol. The Labute approximate surface area is 69.9 Å². The Morgan fingerprint density at radius 3 is 2.91 bits per heavy atom. The third-order valence-corrected chi connectivity index (χ3v) is 2.41. The lowest BCUT2D eigenvalue weighted by atomic mass is 10.0. The molecule has 0 aromatic carbocycles. The molecule has 1 atom stereocenters. The van der Waals surface area contributed by atoms with Crippen molar-refractivity contribution >= 4 is 5.71 Å². The van der Waals surface area contributed by atoms with E-state index in [0.717, 1.165) is 12.5 Å². The van der Waals surface area contributed by atoms with E-state index in [2.05, 4.69) is 18.8 Å². The van der Waals surface area contributed by atoms with E-state index in [1.54, 1.807) is 0 Å². The van der Waals surface area contributed by atoms with Gasteiger partial charge in [-0.25, -0.2) is 0 Å². The zero-order chi connectivity index (χ0) is 8.10. The lowest BCUT2D eigenvalue weighted by Crippen LogP contribution is -1.99. The van der Waals surface area contributed by atoms with Crippen molar-refractivity contribution in [3.63, 3.8) is 0 Å². The topological polar surface area (TPSA) is 12.4 Å². The SMILES string of the molecule is C/C1=N/CC(C)CCCCC1. The minimum atomic E-state index is 0.808. The quantitative estimate of drug-likeness (QED) is 0.507. The fraction of sp³-hybridized carbons (Fsp3) is 0.900. The van der Waals surface area contributed by atoms with Gasteiger partial charge < -0.3 is 0 Å². The van der Waals surface area contributed by atoms with E-state index in [1.807, 2.05) is 0 Å². The van der Waals surface area contributed by atoms with E-state index >= 15 is 0 Å². The largest absolute Gasteiger partial charge is 0.294 e. The summed E-state index contributed by atoms with van der Waals surface area (Å²) in [5, 5.41) is 0. The van der Waals surface area contributed by atoms with Gasteiger partial charge in [0.1, 0.15) is 0 Å². The minimum Gasteiger partial charge on any atom is -0.294 e. The van der Waals surface area contributed by atoms with E-state index < -0.39 is 0 Å². The van der Waals surface area contributed by atoms with Crippen LogP contribution in [0.25, 0.3) is 0 Å². The normalized spacial score (nSPS) is 32.9. The van der Waals surface area contributed by atoms with Crippen LogP contribution in [-0.2, 0) is 0 Å². The van der Waals surface area contributed by atoms with Gasteiger partial charge in [0, 0.05) is 12.3 Å². The molecule has 0 aromatic heterocycles. The van der Waals surface area contributed by atoms with E-state index in [1.165, 1.54) is 37.8 Å². The number of nitrogens with zero attached hydrogens (tertiary/aromatic N) is 1. The van der Waals surface area contributed by atoms with Crippen LogP contribution in [0.1, 0.15) is 46.0 Å². The Balaban J connectivity index is 2.40. The molecule has 0 bridgehead atoms. The van der Waals surface area contributed by atoms with Crippen molar-refractivity contribution in [3.05, 3.63) is 0 Å². The first-order valence-corrected chi connectivity index (χ1v) is 4.79. The molecule has 0 saturated carbocycles. The predicted molar refractivity (Wildman–Crippen MR) is 50.2 cm³/mol. The number of rotatable bonds is 0. The highest BCUT2D eigenvalue weighted by Crippen LogP contribution is 2.13. The molecule has 0 spiro atoms. The fourth-order valence-electron chi connectivity index (χ4n) is 1.53. The van der Waals surface area contributed by atoms with Crippen LogP contribution in [-0.4, -0.2) is 12.3 Å². The van der Waals surface area contributed by atoms with Gasteiger partial charge in [-0.3, -0.25) is 4.99 Å². The van der Waals surface area contributed by atoms with Crippen LogP contribution in [0.2, 0.25) is 0 Å². The van der Waals surface area contributed by atoms with Crippen LogP contribution in [0.15, 0.2) is 4.99 Å². The maximum absolute atomic E-state index is 4.54. The van der Waals surface area contributed by atoms with Gasteiger partial charge in [0.25, 0.3) is 0 Å². The van der Waals surface area contributed by atoms with Crippen molar-refractivity contribution in [1.29, 1.82) is 0 Å². The van der Waals surface area contributed by atoms with E-state index in [0.29, 0.717) is 0 Å². The van der Waals surface area contributed by atoms with Crippen molar-refractivity contribution in [2.45, 2.75) is 46.0 Å². The molecule has 0 saturated heterocycles. The second-order valence-electron chi connectivity index (χ2n) is 3.78. The van der Waals surface area contributed by atoms with Crippen LogP contribution in [0.3, 0.4) is 0 Å². The Morgan fingerprint density at radius 1 is 1.27 bits per heavy atom. The lowest BCUT2D eigenvalue weighted by Gasteiger charge is -2.05. The molecule has 0 radical (unpaired) electrons. The van der Waals surface area contributed by atoms with E-state index in [9.17, 15) is 0 Å². The molecule has 0 N–H and O–H groups in total. The highest BCUT2D eigenvalue weighted by Gasteiger charge is 2.03. The summed E-state index contributed by atoms with van der Waals surface area (Å²) >= 11 is 0. The summed E-state index contributed by atoms with van der Waals surface area (Å²) in [6.45, 7) is 5.53. The van der Waals surface area contributed by atoms with Crippen LogP contribution in [0.5, 0.6) is 0 Å². The third kappa shape index (κ3) is 3.54. The summed E-state index contributed by atoms with van der Waals surface area (Å²) in [5.74, 6) is 0.808. The van der Waals surface area contributed by atoms with Gasteiger partial charge in [-0.2, -0.15) is 0 Å². The molecule has 1 aliphatic heterocycles. The average Bonchev–Trinajstić information content (AvgIpc) is 2.06. The third-order valence-electron chi connectivity index (χ3n) is 2.41. The summed E-state index contributed by atoms with van der Waals surface area (Å²) in [6.07, 6.45) is 6.76. The van der Waals surface area contributed by atoms with Crippen LogP contribution in [0.4, 0.5) is 0 Å². The summed E-state index contributed by atoms with van der Waals surface area (Å²) in [7, 11) is 0. The smallest absolute Gasteiger partial charge is 0.0414 e. The first kappa shape index (κ1) is 8.76. The number of hydrogen-bond donors (Lipinski definition) is 0. The zero-order valence-corrected chi connectivity index (χ0v) is 7.77. The maximum Gasteiger partial charge on any atom is 0.0414 e. The summed E-state index contributed by atoms with van der Waals surface area (Å²) in [6, 6.07) is 0.